The summed E-state index contributed by atoms with van der Waals surface area (Å²) < 4.78 is 0. The van der Waals surface area contributed by atoms with E-state index in [2.05, 4.69) is 38.1 Å². The highest BCUT2D eigenvalue weighted by Gasteiger charge is 2.33. The molecule has 2 atom stereocenters. The second kappa shape index (κ2) is 2.37. The molecule has 0 saturated heterocycles. The fourth-order valence-corrected chi connectivity index (χ4v) is 1.60. The van der Waals surface area contributed by atoms with Gasteiger partial charge in [0, 0.05) is 0 Å². The third-order valence-electron chi connectivity index (χ3n) is 2.61. The summed E-state index contributed by atoms with van der Waals surface area (Å²) in [7, 11) is 0. The Labute approximate surface area is 68.3 Å². The Balaban J connectivity index is 2.21. The van der Waals surface area contributed by atoms with Crippen molar-refractivity contribution < 1.29 is 0 Å². The number of benzene rings is 1. The van der Waals surface area contributed by atoms with Gasteiger partial charge in [0.15, 0.2) is 0 Å². The molecule has 0 spiro atoms. The summed E-state index contributed by atoms with van der Waals surface area (Å²) in [5.41, 5.74) is 2.89. The van der Waals surface area contributed by atoms with Gasteiger partial charge in [-0.3, -0.25) is 0 Å². The van der Waals surface area contributed by atoms with E-state index in [9.17, 15) is 0 Å². The minimum atomic E-state index is 0.871. The second-order valence-electron chi connectivity index (χ2n) is 3.73. The summed E-state index contributed by atoms with van der Waals surface area (Å²) >= 11 is 0. The van der Waals surface area contributed by atoms with Crippen LogP contribution in [0.2, 0.25) is 0 Å². The molecule has 0 aliphatic heterocycles. The highest BCUT2D eigenvalue weighted by atomic mass is 14.4. The van der Waals surface area contributed by atoms with E-state index >= 15 is 0 Å². The largest absolute Gasteiger partial charge is 0.0619 e. The zero-order chi connectivity index (χ0) is 7.84. The molecular formula is C11H14. The predicted molar refractivity (Wildman–Crippen MR) is 47.7 cm³/mol. The number of hydrogen-bond donors (Lipinski definition) is 0. The Bertz CT molecular complexity index is 245. The van der Waals surface area contributed by atoms with Crippen LogP contribution in [0.1, 0.15) is 30.4 Å². The highest BCUT2D eigenvalue weighted by Crippen LogP contribution is 2.46. The fraction of sp³-hybridized carbons (Fsp3) is 0.455. The summed E-state index contributed by atoms with van der Waals surface area (Å²) in [5.74, 6) is 1.80. The molecule has 1 aliphatic rings. The lowest BCUT2D eigenvalue weighted by Gasteiger charge is -1.97. The van der Waals surface area contributed by atoms with Crippen molar-refractivity contribution in [1.29, 1.82) is 0 Å². The molecule has 2 rings (SSSR count). The van der Waals surface area contributed by atoms with Gasteiger partial charge < -0.3 is 0 Å². The average molecular weight is 146 g/mol. The molecule has 1 aromatic carbocycles. The summed E-state index contributed by atoms with van der Waals surface area (Å²) in [5, 5.41) is 0. The molecule has 1 saturated carbocycles. The molecule has 11 heavy (non-hydrogen) atoms. The van der Waals surface area contributed by atoms with Crippen molar-refractivity contribution in [2.75, 3.05) is 0 Å². The van der Waals surface area contributed by atoms with Gasteiger partial charge in [0.1, 0.15) is 0 Å². The number of hydrogen-bond acceptors (Lipinski definition) is 0. The molecule has 1 aliphatic carbocycles. The van der Waals surface area contributed by atoms with Crippen LogP contribution in [0.5, 0.6) is 0 Å². The molecule has 0 nitrogen and oxygen atoms in total. The van der Waals surface area contributed by atoms with Crippen LogP contribution in [0.15, 0.2) is 24.3 Å². The predicted octanol–water partition coefficient (Wildman–Crippen LogP) is 3.12. The van der Waals surface area contributed by atoms with Gasteiger partial charge in [-0.15, -0.1) is 0 Å². The minimum Gasteiger partial charge on any atom is -0.0619 e. The van der Waals surface area contributed by atoms with Gasteiger partial charge >= 0.3 is 0 Å². The van der Waals surface area contributed by atoms with E-state index in [0.29, 0.717) is 0 Å². The lowest BCUT2D eigenvalue weighted by atomic mass is 10.1. The third-order valence-corrected chi connectivity index (χ3v) is 2.61. The van der Waals surface area contributed by atoms with Crippen molar-refractivity contribution >= 4 is 0 Å². The van der Waals surface area contributed by atoms with Crippen LogP contribution in [0.3, 0.4) is 0 Å². The van der Waals surface area contributed by atoms with Gasteiger partial charge in [-0.1, -0.05) is 36.8 Å². The summed E-state index contributed by atoms with van der Waals surface area (Å²) in [6.07, 6.45) is 1.39. The fourth-order valence-electron chi connectivity index (χ4n) is 1.60. The maximum Gasteiger partial charge on any atom is -0.0133 e. The first kappa shape index (κ1) is 6.90. The smallest absolute Gasteiger partial charge is 0.0133 e. The van der Waals surface area contributed by atoms with Gasteiger partial charge in [-0.2, -0.15) is 0 Å². The van der Waals surface area contributed by atoms with Crippen LogP contribution in [0, 0.1) is 12.8 Å². The van der Waals surface area contributed by atoms with E-state index in [1.54, 1.807) is 0 Å². The van der Waals surface area contributed by atoms with E-state index in [1.165, 1.54) is 17.5 Å². The Hall–Kier alpha value is -0.780. The molecule has 0 unspecified atom stereocenters. The van der Waals surface area contributed by atoms with Crippen LogP contribution in [0.4, 0.5) is 0 Å². The average Bonchev–Trinajstić information content (AvgIpc) is 2.69. The molecule has 0 bridgehead atoms. The normalized spacial score (nSPS) is 28.5. The van der Waals surface area contributed by atoms with E-state index in [1.807, 2.05) is 0 Å². The van der Waals surface area contributed by atoms with Crippen molar-refractivity contribution in [3.8, 4) is 0 Å². The number of rotatable bonds is 1. The molecule has 0 amide bonds. The SMILES string of the molecule is Cc1ccc([C@H]2C[C@@H]2C)cc1. The maximum atomic E-state index is 2.32. The molecule has 1 aromatic rings. The number of aryl methyl sites for hydroxylation is 1. The first-order valence-corrected chi connectivity index (χ1v) is 4.34. The maximum absolute atomic E-state index is 2.32. The van der Waals surface area contributed by atoms with Crippen LogP contribution in [-0.2, 0) is 0 Å². The van der Waals surface area contributed by atoms with Crippen LogP contribution in [-0.4, -0.2) is 0 Å². The Morgan fingerprint density at radius 3 is 2.18 bits per heavy atom. The van der Waals surface area contributed by atoms with Crippen molar-refractivity contribution in [2.45, 2.75) is 26.2 Å². The summed E-state index contributed by atoms with van der Waals surface area (Å²) in [6, 6.07) is 8.95. The monoisotopic (exact) mass is 146 g/mol. The van der Waals surface area contributed by atoms with Crippen molar-refractivity contribution in [3.63, 3.8) is 0 Å². The topological polar surface area (TPSA) is 0 Å². The first-order chi connectivity index (χ1) is 5.27. The third kappa shape index (κ3) is 1.30. The van der Waals surface area contributed by atoms with E-state index in [4.69, 9.17) is 0 Å². The van der Waals surface area contributed by atoms with E-state index < -0.39 is 0 Å². The quantitative estimate of drug-likeness (QED) is 0.571. The molecule has 0 heterocycles. The minimum absolute atomic E-state index is 0.871. The Kier molecular flexibility index (Phi) is 1.49. The van der Waals surface area contributed by atoms with Crippen LogP contribution < -0.4 is 0 Å². The molecule has 0 heteroatoms. The molecular weight excluding hydrogens is 132 g/mol. The van der Waals surface area contributed by atoms with E-state index in [0.717, 1.165) is 11.8 Å². The van der Waals surface area contributed by atoms with Crippen LogP contribution in [0.25, 0.3) is 0 Å². The highest BCUT2D eigenvalue weighted by molar-refractivity contribution is 5.28. The zero-order valence-electron chi connectivity index (χ0n) is 7.17. The molecule has 0 N–H and O–H groups in total. The molecule has 1 fully saturated rings. The van der Waals surface area contributed by atoms with Gasteiger partial charge in [-0.05, 0) is 30.7 Å². The van der Waals surface area contributed by atoms with Crippen molar-refractivity contribution in [2.24, 2.45) is 5.92 Å². The summed E-state index contributed by atoms with van der Waals surface area (Å²) in [4.78, 5) is 0. The Morgan fingerprint density at radius 2 is 1.73 bits per heavy atom. The van der Waals surface area contributed by atoms with E-state index in [-0.39, 0.29) is 0 Å². The lowest BCUT2D eigenvalue weighted by Crippen LogP contribution is -1.80. The summed E-state index contributed by atoms with van der Waals surface area (Å²) in [6.45, 7) is 4.46. The standard InChI is InChI=1S/C11H14/c1-8-3-5-10(6-4-8)11-7-9(11)2/h3-6,9,11H,7H2,1-2H3/t9-,11-/m0/s1. The van der Waals surface area contributed by atoms with Crippen molar-refractivity contribution in [3.05, 3.63) is 35.4 Å². The first-order valence-electron chi connectivity index (χ1n) is 4.34. The van der Waals surface area contributed by atoms with Gasteiger partial charge in [0.25, 0.3) is 0 Å². The molecule has 0 radical (unpaired) electrons. The molecule has 58 valence electrons. The van der Waals surface area contributed by atoms with Crippen LogP contribution >= 0.6 is 0 Å². The van der Waals surface area contributed by atoms with Gasteiger partial charge in [-0.25, -0.2) is 0 Å². The zero-order valence-corrected chi connectivity index (χ0v) is 7.17. The van der Waals surface area contributed by atoms with Gasteiger partial charge in [0.2, 0.25) is 0 Å². The Morgan fingerprint density at radius 1 is 1.18 bits per heavy atom. The van der Waals surface area contributed by atoms with Crippen molar-refractivity contribution in [1.82, 2.24) is 0 Å². The lowest BCUT2D eigenvalue weighted by molar-refractivity contribution is 0.914. The second-order valence-corrected chi connectivity index (χ2v) is 3.73. The van der Waals surface area contributed by atoms with Gasteiger partial charge in [0.05, 0.1) is 0 Å². The molecule has 0 aromatic heterocycles.